The van der Waals surface area contributed by atoms with E-state index in [1.54, 1.807) is 0 Å². The van der Waals surface area contributed by atoms with Crippen molar-refractivity contribution in [1.82, 2.24) is 4.90 Å². The second kappa shape index (κ2) is 8.24. The summed E-state index contributed by atoms with van der Waals surface area (Å²) < 4.78 is 25.9. The van der Waals surface area contributed by atoms with Gasteiger partial charge in [-0.1, -0.05) is 91.0 Å². The summed E-state index contributed by atoms with van der Waals surface area (Å²) in [5.74, 6) is 0. The minimum absolute atomic E-state index is 0.407. The zero-order valence-electron chi connectivity index (χ0n) is 15.5. The molecule has 0 aliphatic carbocycles. The first kappa shape index (κ1) is 20.2. The molecule has 0 amide bonds. The lowest BCUT2D eigenvalue weighted by atomic mass is 9.77. The molecule has 0 saturated carbocycles. The van der Waals surface area contributed by atoms with E-state index in [4.69, 9.17) is 4.55 Å². The summed E-state index contributed by atoms with van der Waals surface area (Å²) in [5, 5.41) is 10.3. The number of hydrogen-bond donors (Lipinski definition) is 2. The molecule has 0 spiro atoms. The van der Waals surface area contributed by atoms with Crippen LogP contribution < -0.4 is 0 Å². The summed E-state index contributed by atoms with van der Waals surface area (Å²) >= 11 is 0. The van der Waals surface area contributed by atoms with Crippen molar-refractivity contribution in [2.75, 3.05) is 12.8 Å². The van der Waals surface area contributed by atoms with Crippen molar-refractivity contribution < 1.29 is 18.1 Å². The van der Waals surface area contributed by atoms with Crippen LogP contribution in [0, 0.1) is 0 Å². The minimum atomic E-state index is -3.67. The fourth-order valence-electron chi connectivity index (χ4n) is 3.52. The molecule has 6 heteroatoms. The van der Waals surface area contributed by atoms with Gasteiger partial charge < -0.3 is 5.11 Å². The molecule has 1 aliphatic heterocycles. The van der Waals surface area contributed by atoms with Gasteiger partial charge in [0.15, 0.2) is 0 Å². The highest BCUT2D eigenvalue weighted by Gasteiger charge is 2.52. The second-order valence-electron chi connectivity index (χ2n) is 6.67. The Morgan fingerprint density at radius 3 is 1.25 bits per heavy atom. The Bertz CT molecular complexity index is 888. The molecule has 3 aromatic carbocycles. The zero-order chi connectivity index (χ0) is 20.2. The number of nitrogens with zero attached hydrogens (tertiary/aromatic N) is 1. The van der Waals surface area contributed by atoms with Gasteiger partial charge in [0.1, 0.15) is 6.23 Å². The maximum absolute atomic E-state index is 10.3. The number of aliphatic hydroxyl groups is 1. The van der Waals surface area contributed by atoms with Crippen molar-refractivity contribution >= 4 is 10.1 Å². The summed E-state index contributed by atoms with van der Waals surface area (Å²) in [5.41, 5.74) is 3.07. The van der Waals surface area contributed by atoms with Gasteiger partial charge in [-0.2, -0.15) is 8.42 Å². The molecule has 5 nitrogen and oxygen atoms in total. The normalized spacial score (nSPS) is 18.7. The average molecular weight is 397 g/mol. The Balaban J connectivity index is 0.000000403. The van der Waals surface area contributed by atoms with Crippen LogP contribution in [0.2, 0.25) is 0 Å². The first-order valence-electron chi connectivity index (χ1n) is 8.87. The van der Waals surface area contributed by atoms with Crippen LogP contribution in [0.5, 0.6) is 0 Å². The molecule has 0 aromatic heterocycles. The second-order valence-corrected chi connectivity index (χ2v) is 8.14. The largest absolute Gasteiger partial charge is 0.377 e. The molecule has 1 fully saturated rings. The van der Waals surface area contributed by atoms with Gasteiger partial charge in [-0.3, -0.25) is 9.45 Å². The number of benzene rings is 3. The number of rotatable bonds is 4. The van der Waals surface area contributed by atoms with E-state index in [9.17, 15) is 13.5 Å². The third-order valence-electron chi connectivity index (χ3n) is 4.59. The molecule has 2 atom stereocenters. The van der Waals surface area contributed by atoms with Crippen LogP contribution >= 0.6 is 0 Å². The van der Waals surface area contributed by atoms with Crippen LogP contribution in [-0.2, 0) is 15.7 Å². The van der Waals surface area contributed by atoms with Gasteiger partial charge in [0, 0.05) is 6.54 Å². The maximum atomic E-state index is 10.3. The van der Waals surface area contributed by atoms with Crippen LogP contribution in [0.4, 0.5) is 0 Å². The molecule has 0 bridgehead atoms. The SMILES string of the molecule is CS(=O)(=O)O.OC1CN1C(c1ccccc1)(c1ccccc1)c1ccccc1. The predicted molar refractivity (Wildman–Crippen MR) is 109 cm³/mol. The van der Waals surface area contributed by atoms with E-state index < -0.39 is 21.9 Å². The standard InChI is InChI=1S/C21H19NO.CH4O3S/c23-20-16-22(20)21(17-10-4-1-5-11-17,18-12-6-2-7-13-18)19-14-8-3-9-15-19;1-5(2,3)4/h1-15,20,23H,16H2;1H3,(H,2,3,4). The predicted octanol–water partition coefficient (Wildman–Crippen LogP) is 3.12. The van der Waals surface area contributed by atoms with Gasteiger partial charge in [-0.15, -0.1) is 0 Å². The summed E-state index contributed by atoms with van der Waals surface area (Å²) in [6, 6.07) is 31.3. The highest BCUT2D eigenvalue weighted by molar-refractivity contribution is 7.85. The van der Waals surface area contributed by atoms with E-state index in [2.05, 4.69) is 77.7 Å². The molecule has 4 rings (SSSR count). The van der Waals surface area contributed by atoms with Crippen molar-refractivity contribution in [3.63, 3.8) is 0 Å². The van der Waals surface area contributed by atoms with Crippen molar-refractivity contribution in [2.45, 2.75) is 11.8 Å². The van der Waals surface area contributed by atoms with E-state index in [0.717, 1.165) is 0 Å². The van der Waals surface area contributed by atoms with Crippen molar-refractivity contribution in [3.8, 4) is 0 Å². The van der Waals surface area contributed by atoms with E-state index in [0.29, 0.717) is 12.8 Å². The third-order valence-corrected chi connectivity index (χ3v) is 4.59. The number of aliphatic hydroxyl groups excluding tert-OH is 1. The van der Waals surface area contributed by atoms with Crippen molar-refractivity contribution in [3.05, 3.63) is 108 Å². The maximum Gasteiger partial charge on any atom is 0.261 e. The van der Waals surface area contributed by atoms with Crippen LogP contribution in [0.25, 0.3) is 0 Å². The lowest BCUT2D eigenvalue weighted by molar-refractivity contribution is 0.164. The van der Waals surface area contributed by atoms with E-state index >= 15 is 0 Å². The fraction of sp³-hybridized carbons (Fsp3) is 0.182. The van der Waals surface area contributed by atoms with Gasteiger partial charge in [-0.25, -0.2) is 0 Å². The van der Waals surface area contributed by atoms with E-state index in [-0.39, 0.29) is 0 Å². The Hall–Kier alpha value is -2.51. The molecule has 0 radical (unpaired) electrons. The Morgan fingerprint density at radius 1 is 0.786 bits per heavy atom. The summed E-state index contributed by atoms with van der Waals surface area (Å²) in [4.78, 5) is 2.15. The van der Waals surface area contributed by atoms with Crippen LogP contribution in [0.1, 0.15) is 16.7 Å². The molecular weight excluding hydrogens is 374 g/mol. The van der Waals surface area contributed by atoms with Crippen molar-refractivity contribution in [2.24, 2.45) is 0 Å². The zero-order valence-corrected chi connectivity index (χ0v) is 16.3. The van der Waals surface area contributed by atoms with Crippen LogP contribution in [0.3, 0.4) is 0 Å². The summed E-state index contributed by atoms with van der Waals surface area (Å²) in [6.07, 6.45) is 0.308. The highest BCUT2D eigenvalue weighted by Crippen LogP contribution is 2.47. The molecule has 146 valence electrons. The van der Waals surface area contributed by atoms with E-state index in [1.165, 1.54) is 16.7 Å². The quantitative estimate of drug-likeness (QED) is 0.402. The lowest BCUT2D eigenvalue weighted by Gasteiger charge is -2.37. The third kappa shape index (κ3) is 4.48. The van der Waals surface area contributed by atoms with Crippen LogP contribution in [-0.4, -0.2) is 42.0 Å². The monoisotopic (exact) mass is 397 g/mol. The Morgan fingerprint density at radius 2 is 1.04 bits per heavy atom. The molecular formula is C22H23NO4S. The smallest absolute Gasteiger partial charge is 0.261 e. The molecule has 1 heterocycles. The summed E-state index contributed by atoms with van der Waals surface area (Å²) in [7, 11) is -3.67. The Kier molecular flexibility index (Phi) is 5.96. The number of hydrogen-bond acceptors (Lipinski definition) is 4. The van der Waals surface area contributed by atoms with E-state index in [1.807, 2.05) is 18.2 Å². The molecule has 1 aliphatic rings. The fourth-order valence-corrected chi connectivity index (χ4v) is 3.52. The molecule has 28 heavy (non-hydrogen) atoms. The minimum Gasteiger partial charge on any atom is -0.377 e. The van der Waals surface area contributed by atoms with Crippen LogP contribution in [0.15, 0.2) is 91.0 Å². The first-order chi connectivity index (χ1) is 13.3. The lowest BCUT2D eigenvalue weighted by Crippen LogP contribution is -2.39. The van der Waals surface area contributed by atoms with Gasteiger partial charge in [0.2, 0.25) is 0 Å². The highest BCUT2D eigenvalue weighted by atomic mass is 32.2. The number of β-amino-alcohol motifs (C(OH)–C–C–N with tert-alkyl or cyclic N) is 1. The average Bonchev–Trinajstić information content (AvgIpc) is 3.41. The molecule has 2 unspecified atom stereocenters. The van der Waals surface area contributed by atoms with Gasteiger partial charge >= 0.3 is 0 Å². The van der Waals surface area contributed by atoms with Gasteiger partial charge in [0.25, 0.3) is 10.1 Å². The first-order valence-corrected chi connectivity index (χ1v) is 10.7. The summed E-state index contributed by atoms with van der Waals surface area (Å²) in [6.45, 7) is 0.679. The van der Waals surface area contributed by atoms with Gasteiger partial charge in [0.05, 0.1) is 11.8 Å². The molecule has 3 aromatic rings. The Labute approximate surface area is 165 Å². The molecule has 1 saturated heterocycles. The van der Waals surface area contributed by atoms with Gasteiger partial charge in [-0.05, 0) is 16.7 Å². The topological polar surface area (TPSA) is 77.6 Å². The molecule has 2 N–H and O–H groups in total. The van der Waals surface area contributed by atoms with Crippen molar-refractivity contribution in [1.29, 1.82) is 0 Å².